The molecule has 4 rings (SSSR count). The number of sulfonamides is 1. The van der Waals surface area contributed by atoms with E-state index in [4.69, 9.17) is 27.9 Å². The summed E-state index contributed by atoms with van der Waals surface area (Å²) in [5.41, 5.74) is 2.18. The number of benzene rings is 2. The first-order valence-electron chi connectivity index (χ1n) is 9.98. The summed E-state index contributed by atoms with van der Waals surface area (Å²) in [6.45, 7) is 3.59. The van der Waals surface area contributed by atoms with Gasteiger partial charge in [-0.25, -0.2) is 8.42 Å². The summed E-state index contributed by atoms with van der Waals surface area (Å²) in [6, 6.07) is 13.8. The Hall–Kier alpha value is -2.39. The van der Waals surface area contributed by atoms with Gasteiger partial charge in [-0.15, -0.1) is 10.2 Å². The number of aromatic nitrogens is 2. The molecule has 1 aliphatic rings. The number of rotatable bonds is 5. The van der Waals surface area contributed by atoms with Crippen molar-refractivity contribution in [3.8, 4) is 17.0 Å². The number of halogens is 2. The molecule has 10 heteroatoms. The molecule has 2 heterocycles. The second-order valence-corrected chi connectivity index (χ2v) is 10.2. The van der Waals surface area contributed by atoms with Gasteiger partial charge in [-0.05, 0) is 61.0 Å². The third kappa shape index (κ3) is 4.54. The predicted molar refractivity (Wildman–Crippen MR) is 126 cm³/mol. The van der Waals surface area contributed by atoms with Crippen molar-refractivity contribution < 1.29 is 13.2 Å². The van der Waals surface area contributed by atoms with E-state index in [0.717, 1.165) is 11.1 Å². The third-order valence-electron chi connectivity index (χ3n) is 5.42. The first kappa shape index (κ1) is 22.8. The molecule has 1 saturated heterocycles. The Balaban J connectivity index is 1.45. The minimum Gasteiger partial charge on any atom is -0.496 e. The van der Waals surface area contributed by atoms with E-state index in [0.29, 0.717) is 53.5 Å². The zero-order valence-corrected chi connectivity index (χ0v) is 20.0. The number of aryl methyl sites for hydroxylation is 1. The lowest BCUT2D eigenvalue weighted by Gasteiger charge is -2.34. The van der Waals surface area contributed by atoms with Crippen LogP contribution in [0.4, 0.5) is 5.82 Å². The predicted octanol–water partition coefficient (Wildman–Crippen LogP) is 4.28. The standard InChI is InChI=1S/C22H22Cl2N4O3S/c1-15-13-17(4-7-21(15)31-2)32(29,30)28-11-9-27(10-12-28)22-8-6-20(25-26-22)18-5-3-16(23)14-19(18)24/h3-8,13-14H,9-12H2,1-2H3. The molecule has 0 unspecified atom stereocenters. The van der Waals surface area contributed by atoms with E-state index in [-0.39, 0.29) is 4.90 Å². The zero-order valence-electron chi connectivity index (χ0n) is 17.6. The van der Waals surface area contributed by atoms with Gasteiger partial charge in [0.2, 0.25) is 10.0 Å². The maximum absolute atomic E-state index is 13.1. The van der Waals surface area contributed by atoms with Crippen molar-refractivity contribution in [2.24, 2.45) is 0 Å². The Morgan fingerprint density at radius 1 is 0.938 bits per heavy atom. The molecular formula is C22H22Cl2N4O3S. The molecule has 0 saturated carbocycles. The van der Waals surface area contributed by atoms with Gasteiger partial charge in [-0.2, -0.15) is 4.31 Å². The molecule has 0 radical (unpaired) electrons. The van der Waals surface area contributed by atoms with Crippen LogP contribution in [0.1, 0.15) is 5.56 Å². The normalized spacial score (nSPS) is 15.1. The number of piperazine rings is 1. The largest absolute Gasteiger partial charge is 0.496 e. The summed E-state index contributed by atoms with van der Waals surface area (Å²) >= 11 is 12.2. The van der Waals surface area contributed by atoms with Crippen LogP contribution in [0.5, 0.6) is 5.75 Å². The van der Waals surface area contributed by atoms with E-state index >= 15 is 0 Å². The van der Waals surface area contributed by atoms with Crippen LogP contribution in [-0.2, 0) is 10.0 Å². The van der Waals surface area contributed by atoms with Gasteiger partial charge in [0.1, 0.15) is 5.75 Å². The van der Waals surface area contributed by atoms with Gasteiger partial charge in [0.15, 0.2) is 5.82 Å². The number of hydrogen-bond acceptors (Lipinski definition) is 6. The SMILES string of the molecule is COc1ccc(S(=O)(=O)N2CCN(c3ccc(-c4ccc(Cl)cc4Cl)nn3)CC2)cc1C. The van der Waals surface area contributed by atoms with Gasteiger partial charge in [0.05, 0.1) is 22.7 Å². The van der Waals surface area contributed by atoms with Crippen molar-refractivity contribution >= 4 is 39.0 Å². The molecule has 2 aromatic carbocycles. The second kappa shape index (κ2) is 9.23. The van der Waals surface area contributed by atoms with Crippen molar-refractivity contribution in [2.45, 2.75) is 11.8 Å². The molecule has 0 atom stereocenters. The van der Waals surface area contributed by atoms with Crippen molar-refractivity contribution in [1.29, 1.82) is 0 Å². The number of methoxy groups -OCH3 is 1. The van der Waals surface area contributed by atoms with E-state index in [1.807, 2.05) is 24.0 Å². The summed E-state index contributed by atoms with van der Waals surface area (Å²) in [5.74, 6) is 1.35. The first-order chi connectivity index (χ1) is 15.3. The van der Waals surface area contributed by atoms with Gasteiger partial charge in [-0.1, -0.05) is 23.2 Å². The summed E-state index contributed by atoms with van der Waals surface area (Å²) in [6.07, 6.45) is 0. The van der Waals surface area contributed by atoms with Gasteiger partial charge >= 0.3 is 0 Å². The Labute approximate surface area is 197 Å². The maximum atomic E-state index is 13.1. The highest BCUT2D eigenvalue weighted by atomic mass is 35.5. The van der Waals surface area contributed by atoms with Crippen LogP contribution in [0, 0.1) is 6.92 Å². The lowest BCUT2D eigenvalue weighted by molar-refractivity contribution is 0.383. The Morgan fingerprint density at radius 3 is 2.28 bits per heavy atom. The Kier molecular flexibility index (Phi) is 6.57. The number of ether oxygens (including phenoxy) is 1. The molecule has 7 nitrogen and oxygen atoms in total. The quantitative estimate of drug-likeness (QED) is 0.528. The van der Waals surface area contributed by atoms with Crippen LogP contribution in [0.15, 0.2) is 53.4 Å². The fraction of sp³-hybridized carbons (Fsp3) is 0.273. The van der Waals surface area contributed by atoms with Crippen LogP contribution >= 0.6 is 23.2 Å². The number of nitrogens with zero attached hydrogens (tertiary/aromatic N) is 4. The average molecular weight is 493 g/mol. The summed E-state index contributed by atoms with van der Waals surface area (Å²) in [4.78, 5) is 2.29. The highest BCUT2D eigenvalue weighted by molar-refractivity contribution is 7.89. The summed E-state index contributed by atoms with van der Waals surface area (Å²) in [5, 5.41) is 9.68. The molecular weight excluding hydrogens is 471 g/mol. The van der Waals surface area contributed by atoms with Crippen LogP contribution in [-0.4, -0.2) is 56.2 Å². The molecule has 0 N–H and O–H groups in total. The number of hydrogen-bond donors (Lipinski definition) is 0. The van der Waals surface area contributed by atoms with E-state index in [9.17, 15) is 8.42 Å². The zero-order chi connectivity index (χ0) is 22.9. The van der Waals surface area contributed by atoms with Gasteiger partial charge in [0, 0.05) is 36.8 Å². The Morgan fingerprint density at radius 2 is 1.69 bits per heavy atom. The van der Waals surface area contributed by atoms with Crippen LogP contribution in [0.3, 0.4) is 0 Å². The molecule has 168 valence electrons. The first-order valence-corrected chi connectivity index (χ1v) is 12.2. The molecule has 1 aromatic heterocycles. The molecule has 32 heavy (non-hydrogen) atoms. The van der Waals surface area contributed by atoms with Crippen molar-refractivity contribution in [2.75, 3.05) is 38.2 Å². The fourth-order valence-electron chi connectivity index (χ4n) is 3.65. The highest BCUT2D eigenvalue weighted by Gasteiger charge is 2.29. The van der Waals surface area contributed by atoms with Gasteiger partial charge in [0.25, 0.3) is 0 Å². The van der Waals surface area contributed by atoms with E-state index in [2.05, 4.69) is 10.2 Å². The smallest absolute Gasteiger partial charge is 0.243 e. The van der Waals surface area contributed by atoms with Crippen LogP contribution in [0.25, 0.3) is 11.3 Å². The molecule has 0 spiro atoms. The Bertz CT molecular complexity index is 1230. The minimum atomic E-state index is -3.58. The minimum absolute atomic E-state index is 0.272. The van der Waals surface area contributed by atoms with E-state index < -0.39 is 10.0 Å². The monoisotopic (exact) mass is 492 g/mol. The average Bonchev–Trinajstić information content (AvgIpc) is 2.79. The van der Waals surface area contributed by atoms with Crippen molar-refractivity contribution in [3.05, 3.63) is 64.1 Å². The van der Waals surface area contributed by atoms with Crippen LogP contribution in [0.2, 0.25) is 10.0 Å². The topological polar surface area (TPSA) is 75.6 Å². The fourth-order valence-corrected chi connectivity index (χ4v) is 5.67. The van der Waals surface area contributed by atoms with Crippen LogP contribution < -0.4 is 9.64 Å². The molecule has 3 aromatic rings. The second-order valence-electron chi connectivity index (χ2n) is 7.42. The lowest BCUT2D eigenvalue weighted by atomic mass is 10.1. The van der Waals surface area contributed by atoms with Gasteiger partial charge < -0.3 is 9.64 Å². The van der Waals surface area contributed by atoms with Crippen molar-refractivity contribution in [3.63, 3.8) is 0 Å². The molecule has 1 aliphatic heterocycles. The summed E-state index contributed by atoms with van der Waals surface area (Å²) in [7, 11) is -2.01. The molecule has 0 amide bonds. The number of anilines is 1. The molecule has 1 fully saturated rings. The maximum Gasteiger partial charge on any atom is 0.243 e. The van der Waals surface area contributed by atoms with E-state index in [1.165, 1.54) is 4.31 Å². The van der Waals surface area contributed by atoms with Crippen molar-refractivity contribution in [1.82, 2.24) is 14.5 Å². The highest BCUT2D eigenvalue weighted by Crippen LogP contribution is 2.30. The lowest BCUT2D eigenvalue weighted by Crippen LogP contribution is -2.49. The van der Waals surface area contributed by atoms with E-state index in [1.54, 1.807) is 43.5 Å². The molecule has 0 bridgehead atoms. The summed E-state index contributed by atoms with van der Waals surface area (Å²) < 4.78 is 32.8. The molecule has 0 aliphatic carbocycles. The third-order valence-corrected chi connectivity index (χ3v) is 7.87. The van der Waals surface area contributed by atoms with Gasteiger partial charge in [-0.3, -0.25) is 0 Å².